The number of aromatic nitrogens is 1. The number of aromatic hydroxyl groups is 1. The van der Waals surface area contributed by atoms with Gasteiger partial charge in [0.2, 0.25) is 5.72 Å². The van der Waals surface area contributed by atoms with Gasteiger partial charge < -0.3 is 9.84 Å². The van der Waals surface area contributed by atoms with Crippen LogP contribution in [0, 0.1) is 0 Å². The molecule has 0 radical (unpaired) electrons. The Bertz CT molecular complexity index is 1210. The SMILES string of the molecule is C[C@@]12C[C@@H](c3ccccc3O1)n1c(sc(=Cc3cccc(O)c3)c1=O)=N2. The molecule has 0 saturated heterocycles. The van der Waals surface area contributed by atoms with E-state index in [1.54, 1.807) is 28.8 Å². The zero-order chi connectivity index (χ0) is 17.9. The minimum absolute atomic E-state index is 0.0548. The van der Waals surface area contributed by atoms with Crippen molar-refractivity contribution in [2.45, 2.75) is 25.1 Å². The van der Waals surface area contributed by atoms with E-state index in [4.69, 9.17) is 9.73 Å². The number of fused-ring (bicyclic) bond motifs is 6. The highest BCUT2D eigenvalue weighted by Gasteiger charge is 2.42. The second-order valence-electron chi connectivity index (χ2n) is 6.81. The van der Waals surface area contributed by atoms with Crippen LogP contribution in [-0.4, -0.2) is 15.4 Å². The largest absolute Gasteiger partial charge is 0.508 e. The highest BCUT2D eigenvalue weighted by Crippen LogP contribution is 2.42. The predicted molar refractivity (Wildman–Crippen MR) is 99.3 cm³/mol. The molecule has 0 unspecified atom stereocenters. The highest BCUT2D eigenvalue weighted by atomic mass is 32.1. The number of hydrogen-bond donors (Lipinski definition) is 1. The van der Waals surface area contributed by atoms with Crippen molar-refractivity contribution >= 4 is 17.4 Å². The van der Waals surface area contributed by atoms with Crippen LogP contribution in [0.15, 0.2) is 58.3 Å². The first-order valence-electron chi connectivity index (χ1n) is 8.42. The summed E-state index contributed by atoms with van der Waals surface area (Å²) in [7, 11) is 0. The number of rotatable bonds is 1. The lowest BCUT2D eigenvalue weighted by atomic mass is 9.93. The van der Waals surface area contributed by atoms with Crippen LogP contribution in [0.1, 0.15) is 30.5 Å². The molecule has 2 aromatic carbocycles. The predicted octanol–water partition coefficient (Wildman–Crippen LogP) is 2.17. The van der Waals surface area contributed by atoms with Gasteiger partial charge in [-0.3, -0.25) is 9.36 Å². The third-order valence-electron chi connectivity index (χ3n) is 4.83. The van der Waals surface area contributed by atoms with Gasteiger partial charge in [-0.25, -0.2) is 4.99 Å². The van der Waals surface area contributed by atoms with Crippen LogP contribution in [0.5, 0.6) is 11.5 Å². The molecule has 130 valence electrons. The third kappa shape index (κ3) is 2.29. The van der Waals surface area contributed by atoms with Crippen LogP contribution in [0.2, 0.25) is 0 Å². The molecule has 2 atom stereocenters. The topological polar surface area (TPSA) is 63.8 Å². The monoisotopic (exact) mass is 364 g/mol. The molecule has 0 aliphatic carbocycles. The molecule has 3 heterocycles. The summed E-state index contributed by atoms with van der Waals surface area (Å²) in [4.78, 5) is 18.5. The Kier molecular flexibility index (Phi) is 3.15. The number of para-hydroxylation sites is 1. The maximum Gasteiger partial charge on any atom is 0.270 e. The van der Waals surface area contributed by atoms with E-state index in [2.05, 4.69) is 0 Å². The third-order valence-corrected chi connectivity index (χ3v) is 5.81. The number of benzene rings is 2. The molecule has 5 nitrogen and oxygen atoms in total. The van der Waals surface area contributed by atoms with E-state index >= 15 is 0 Å². The molecular weight excluding hydrogens is 348 g/mol. The first kappa shape index (κ1) is 15.4. The van der Waals surface area contributed by atoms with Gasteiger partial charge >= 0.3 is 0 Å². The van der Waals surface area contributed by atoms with Crippen molar-refractivity contribution in [3.63, 3.8) is 0 Å². The fourth-order valence-electron chi connectivity index (χ4n) is 3.70. The molecule has 5 rings (SSSR count). The molecule has 6 heteroatoms. The minimum atomic E-state index is -0.654. The molecule has 0 fully saturated rings. The quantitative estimate of drug-likeness (QED) is 0.720. The van der Waals surface area contributed by atoms with Gasteiger partial charge in [-0.2, -0.15) is 0 Å². The van der Waals surface area contributed by atoms with Crippen LogP contribution in [0.3, 0.4) is 0 Å². The van der Waals surface area contributed by atoms with Crippen LogP contribution in [0.4, 0.5) is 0 Å². The van der Waals surface area contributed by atoms with E-state index in [9.17, 15) is 9.90 Å². The van der Waals surface area contributed by atoms with Crippen LogP contribution >= 0.6 is 11.3 Å². The molecule has 0 amide bonds. The van der Waals surface area contributed by atoms with Crippen molar-refractivity contribution in [3.8, 4) is 11.5 Å². The fourth-order valence-corrected chi connectivity index (χ4v) is 4.83. The van der Waals surface area contributed by atoms with Gasteiger partial charge in [0.1, 0.15) is 11.5 Å². The lowest BCUT2D eigenvalue weighted by Crippen LogP contribution is -2.49. The van der Waals surface area contributed by atoms with E-state index in [-0.39, 0.29) is 17.4 Å². The number of hydrogen-bond acceptors (Lipinski definition) is 5. The molecular formula is C20H16N2O3S. The highest BCUT2D eigenvalue weighted by molar-refractivity contribution is 7.07. The Balaban J connectivity index is 1.76. The Labute approximate surface area is 153 Å². The van der Waals surface area contributed by atoms with E-state index in [1.807, 2.05) is 37.3 Å². The van der Waals surface area contributed by atoms with E-state index in [0.717, 1.165) is 16.9 Å². The summed E-state index contributed by atoms with van der Waals surface area (Å²) in [5.74, 6) is 0.966. The van der Waals surface area contributed by atoms with Gasteiger partial charge in [-0.15, -0.1) is 0 Å². The number of thiazole rings is 1. The number of phenolic OH excluding ortho intramolecular Hbond substituents is 1. The molecule has 2 bridgehead atoms. The van der Waals surface area contributed by atoms with Gasteiger partial charge in [-0.1, -0.05) is 41.7 Å². The average molecular weight is 364 g/mol. The summed E-state index contributed by atoms with van der Waals surface area (Å²) < 4.78 is 8.49. The van der Waals surface area contributed by atoms with E-state index < -0.39 is 5.72 Å². The Morgan fingerprint density at radius 1 is 1.31 bits per heavy atom. The van der Waals surface area contributed by atoms with Crippen LogP contribution in [0.25, 0.3) is 6.08 Å². The van der Waals surface area contributed by atoms with E-state index in [1.165, 1.54) is 11.3 Å². The summed E-state index contributed by atoms with van der Waals surface area (Å²) in [6.07, 6.45) is 2.44. The van der Waals surface area contributed by atoms with Gasteiger partial charge in [-0.05, 0) is 36.8 Å². The van der Waals surface area contributed by atoms with Crippen molar-refractivity contribution in [1.82, 2.24) is 4.57 Å². The van der Waals surface area contributed by atoms with Crippen molar-refractivity contribution in [2.24, 2.45) is 4.99 Å². The Morgan fingerprint density at radius 3 is 3.00 bits per heavy atom. The van der Waals surface area contributed by atoms with Gasteiger partial charge in [0.15, 0.2) is 4.80 Å². The summed E-state index contributed by atoms with van der Waals surface area (Å²) in [6.45, 7) is 1.96. The van der Waals surface area contributed by atoms with Gasteiger partial charge in [0, 0.05) is 12.0 Å². The zero-order valence-corrected chi connectivity index (χ0v) is 14.9. The number of phenols is 1. The normalized spacial score (nSPS) is 23.6. The number of ether oxygens (including phenoxy) is 1. The maximum absolute atomic E-state index is 13.1. The first-order valence-corrected chi connectivity index (χ1v) is 9.24. The lowest BCUT2D eigenvalue weighted by molar-refractivity contribution is 0.0410. The zero-order valence-electron chi connectivity index (χ0n) is 14.0. The standard InChI is InChI=1S/C20H16N2O3S/c1-20-11-15(14-7-2-3-8-16(14)25-20)22-18(24)17(26-19(22)21-20)10-12-5-4-6-13(23)9-12/h2-10,15,23H,11H2,1H3/t15-,20-/m0/s1. The smallest absolute Gasteiger partial charge is 0.270 e. The molecule has 3 aromatic rings. The van der Waals surface area contributed by atoms with Crippen LogP contribution < -0.4 is 19.6 Å². The van der Waals surface area contributed by atoms with Gasteiger partial charge in [0.05, 0.1) is 10.6 Å². The summed E-state index contributed by atoms with van der Waals surface area (Å²) in [6, 6.07) is 14.6. The number of nitrogens with zero attached hydrogens (tertiary/aromatic N) is 2. The minimum Gasteiger partial charge on any atom is -0.508 e. The summed E-state index contributed by atoms with van der Waals surface area (Å²) in [5.41, 5.74) is 1.09. The van der Waals surface area contributed by atoms with Crippen molar-refractivity contribution in [1.29, 1.82) is 0 Å². The van der Waals surface area contributed by atoms with Crippen molar-refractivity contribution < 1.29 is 9.84 Å². The molecule has 26 heavy (non-hydrogen) atoms. The average Bonchev–Trinajstić information content (AvgIpc) is 2.89. The Hall–Kier alpha value is -2.86. The molecule has 2 aliphatic rings. The summed E-state index contributed by atoms with van der Waals surface area (Å²) in [5, 5.41) is 9.65. The van der Waals surface area contributed by atoms with Crippen LogP contribution in [-0.2, 0) is 0 Å². The Morgan fingerprint density at radius 2 is 2.15 bits per heavy atom. The summed E-state index contributed by atoms with van der Waals surface area (Å²) >= 11 is 1.36. The molecule has 0 saturated carbocycles. The second kappa shape index (κ2) is 5.32. The fraction of sp³-hybridized carbons (Fsp3) is 0.200. The van der Waals surface area contributed by atoms with Gasteiger partial charge in [0.25, 0.3) is 5.56 Å². The molecule has 1 aromatic heterocycles. The molecule has 2 aliphatic heterocycles. The van der Waals surface area contributed by atoms with E-state index in [0.29, 0.717) is 15.8 Å². The molecule has 0 spiro atoms. The van der Waals surface area contributed by atoms with Crippen molar-refractivity contribution in [2.75, 3.05) is 0 Å². The molecule has 1 N–H and O–H groups in total. The lowest BCUT2D eigenvalue weighted by Gasteiger charge is -2.39. The second-order valence-corrected chi connectivity index (χ2v) is 7.82. The van der Waals surface area contributed by atoms with Crippen molar-refractivity contribution in [3.05, 3.63) is 79.3 Å². The first-order chi connectivity index (χ1) is 12.5. The maximum atomic E-state index is 13.1.